The molecule has 0 saturated carbocycles. The number of phenols is 1. The average Bonchev–Trinajstić information content (AvgIpc) is 2.69. The van der Waals surface area contributed by atoms with E-state index in [1.807, 2.05) is 43.4 Å². The molecule has 0 aromatic heterocycles. The highest BCUT2D eigenvalue weighted by molar-refractivity contribution is 5.80. The van der Waals surface area contributed by atoms with E-state index < -0.39 is 0 Å². The number of para-hydroxylation sites is 2. The van der Waals surface area contributed by atoms with E-state index >= 15 is 0 Å². The van der Waals surface area contributed by atoms with Gasteiger partial charge in [-0.05, 0) is 29.8 Å². The number of benzene rings is 2. The summed E-state index contributed by atoms with van der Waals surface area (Å²) in [6.07, 6.45) is 0. The van der Waals surface area contributed by atoms with E-state index in [0.29, 0.717) is 12.3 Å². The maximum absolute atomic E-state index is 10.0. The van der Waals surface area contributed by atoms with Crippen molar-refractivity contribution in [2.45, 2.75) is 6.54 Å². The number of guanidine groups is 1. The Bertz CT molecular complexity index is 755. The van der Waals surface area contributed by atoms with Gasteiger partial charge in [0.15, 0.2) is 5.96 Å². The van der Waals surface area contributed by atoms with Crippen molar-refractivity contribution in [2.24, 2.45) is 4.99 Å². The van der Waals surface area contributed by atoms with Gasteiger partial charge in [0.1, 0.15) is 11.5 Å². The minimum Gasteiger partial charge on any atom is -0.506 e. The Morgan fingerprint density at radius 3 is 2.58 bits per heavy atom. The summed E-state index contributed by atoms with van der Waals surface area (Å²) in [6, 6.07) is 15.5. The summed E-state index contributed by atoms with van der Waals surface area (Å²) in [5.41, 5.74) is 2.05. The highest BCUT2D eigenvalue weighted by Gasteiger charge is 2.21. The molecule has 1 fully saturated rings. The summed E-state index contributed by atoms with van der Waals surface area (Å²) in [5.74, 6) is 2.09. The Kier molecular flexibility index (Phi) is 5.84. The molecule has 1 aliphatic rings. The van der Waals surface area contributed by atoms with Gasteiger partial charge in [0.2, 0.25) is 0 Å². The number of piperazine rings is 1. The van der Waals surface area contributed by atoms with Gasteiger partial charge < -0.3 is 25.0 Å². The van der Waals surface area contributed by atoms with Crippen LogP contribution in [0, 0.1) is 0 Å². The van der Waals surface area contributed by atoms with Gasteiger partial charge in [-0.1, -0.05) is 24.3 Å². The number of nitrogens with one attached hydrogen (secondary N) is 1. The number of methoxy groups -OCH3 is 1. The van der Waals surface area contributed by atoms with Crippen LogP contribution in [0.2, 0.25) is 0 Å². The Morgan fingerprint density at radius 1 is 1.12 bits per heavy atom. The van der Waals surface area contributed by atoms with Crippen LogP contribution in [0.4, 0.5) is 5.69 Å². The average molecular weight is 354 g/mol. The van der Waals surface area contributed by atoms with E-state index in [4.69, 9.17) is 4.74 Å². The summed E-state index contributed by atoms with van der Waals surface area (Å²) in [4.78, 5) is 8.87. The standard InChI is InChI=1S/C20H26N4O2/c1-21-20(22-15-16-6-5-7-17(14-16)26-2)24-12-10-23(11-13-24)18-8-3-4-9-19(18)25/h3-9,14,25H,10-13,15H2,1-2H3,(H,21,22). The molecule has 0 atom stereocenters. The molecule has 6 heteroatoms. The van der Waals surface area contributed by atoms with Crippen molar-refractivity contribution in [3.63, 3.8) is 0 Å². The summed E-state index contributed by atoms with van der Waals surface area (Å²) in [7, 11) is 3.48. The third-order valence-corrected chi connectivity index (χ3v) is 4.60. The van der Waals surface area contributed by atoms with Crippen LogP contribution >= 0.6 is 0 Å². The zero-order chi connectivity index (χ0) is 18.4. The number of anilines is 1. The molecule has 6 nitrogen and oxygen atoms in total. The van der Waals surface area contributed by atoms with Crippen LogP contribution in [-0.2, 0) is 6.54 Å². The van der Waals surface area contributed by atoms with E-state index in [1.54, 1.807) is 13.2 Å². The molecule has 0 spiro atoms. The van der Waals surface area contributed by atoms with Crippen LogP contribution in [0.3, 0.4) is 0 Å². The molecule has 2 aromatic carbocycles. The molecule has 0 unspecified atom stereocenters. The molecule has 2 N–H and O–H groups in total. The maximum atomic E-state index is 10.0. The molecule has 2 aromatic rings. The molecule has 26 heavy (non-hydrogen) atoms. The molecule has 1 saturated heterocycles. The molecule has 0 radical (unpaired) electrons. The number of ether oxygens (including phenoxy) is 1. The van der Waals surface area contributed by atoms with E-state index in [9.17, 15) is 5.11 Å². The lowest BCUT2D eigenvalue weighted by Gasteiger charge is -2.37. The molecule has 3 rings (SSSR count). The van der Waals surface area contributed by atoms with E-state index in [2.05, 4.69) is 26.2 Å². The van der Waals surface area contributed by atoms with Crippen molar-refractivity contribution in [1.82, 2.24) is 10.2 Å². The summed E-state index contributed by atoms with van der Waals surface area (Å²) >= 11 is 0. The van der Waals surface area contributed by atoms with Crippen LogP contribution in [0.25, 0.3) is 0 Å². The minimum atomic E-state index is 0.335. The van der Waals surface area contributed by atoms with Gasteiger partial charge in [0, 0.05) is 39.8 Å². The Morgan fingerprint density at radius 2 is 1.88 bits per heavy atom. The highest BCUT2D eigenvalue weighted by atomic mass is 16.5. The van der Waals surface area contributed by atoms with Crippen molar-refractivity contribution in [3.05, 3.63) is 54.1 Å². The van der Waals surface area contributed by atoms with Gasteiger partial charge in [-0.2, -0.15) is 0 Å². The first kappa shape index (κ1) is 17.9. The second-order valence-corrected chi connectivity index (χ2v) is 6.22. The van der Waals surface area contributed by atoms with Crippen LogP contribution in [0.1, 0.15) is 5.56 Å². The molecule has 0 amide bonds. The first-order valence-corrected chi connectivity index (χ1v) is 8.82. The number of aliphatic imine (C=N–C) groups is 1. The first-order valence-electron chi connectivity index (χ1n) is 8.82. The number of hydrogen-bond acceptors (Lipinski definition) is 4. The normalized spacial score (nSPS) is 15.1. The van der Waals surface area contributed by atoms with Gasteiger partial charge in [0.05, 0.1) is 12.8 Å². The Hall–Kier alpha value is -2.89. The fourth-order valence-corrected chi connectivity index (χ4v) is 3.19. The van der Waals surface area contributed by atoms with Crippen LogP contribution in [0.5, 0.6) is 11.5 Å². The lowest BCUT2D eigenvalue weighted by molar-refractivity contribution is 0.369. The molecule has 1 aliphatic heterocycles. The summed E-state index contributed by atoms with van der Waals surface area (Å²) in [5, 5.41) is 13.5. The Labute approximate surface area is 154 Å². The maximum Gasteiger partial charge on any atom is 0.194 e. The predicted octanol–water partition coefficient (Wildman–Crippen LogP) is 2.30. The highest BCUT2D eigenvalue weighted by Crippen LogP contribution is 2.27. The molecule has 138 valence electrons. The van der Waals surface area contributed by atoms with Gasteiger partial charge in [-0.25, -0.2) is 0 Å². The number of rotatable bonds is 4. The summed E-state index contributed by atoms with van der Waals surface area (Å²) < 4.78 is 5.27. The largest absolute Gasteiger partial charge is 0.506 e. The molecule has 1 heterocycles. The van der Waals surface area contributed by atoms with Crippen molar-refractivity contribution in [3.8, 4) is 11.5 Å². The Balaban J connectivity index is 1.56. The monoisotopic (exact) mass is 354 g/mol. The third kappa shape index (κ3) is 4.20. The van der Waals surface area contributed by atoms with Crippen LogP contribution < -0.4 is 15.0 Å². The van der Waals surface area contributed by atoms with Crippen molar-refractivity contribution in [1.29, 1.82) is 0 Å². The van der Waals surface area contributed by atoms with E-state index in [1.165, 1.54) is 0 Å². The minimum absolute atomic E-state index is 0.335. The van der Waals surface area contributed by atoms with Crippen molar-refractivity contribution in [2.75, 3.05) is 45.2 Å². The number of phenolic OH excluding ortho intramolecular Hbond substituents is 1. The molecule has 0 aliphatic carbocycles. The zero-order valence-electron chi connectivity index (χ0n) is 15.4. The van der Waals surface area contributed by atoms with Gasteiger partial charge >= 0.3 is 0 Å². The quantitative estimate of drug-likeness (QED) is 0.652. The molecular weight excluding hydrogens is 328 g/mol. The van der Waals surface area contributed by atoms with Gasteiger partial charge in [0.25, 0.3) is 0 Å². The second-order valence-electron chi connectivity index (χ2n) is 6.22. The van der Waals surface area contributed by atoms with Gasteiger partial charge in [-0.3, -0.25) is 4.99 Å². The lowest BCUT2D eigenvalue weighted by Crippen LogP contribution is -2.52. The summed E-state index contributed by atoms with van der Waals surface area (Å²) in [6.45, 7) is 4.09. The fourth-order valence-electron chi connectivity index (χ4n) is 3.19. The van der Waals surface area contributed by atoms with Crippen LogP contribution in [0.15, 0.2) is 53.5 Å². The smallest absolute Gasteiger partial charge is 0.194 e. The van der Waals surface area contributed by atoms with Gasteiger partial charge in [-0.15, -0.1) is 0 Å². The SMILES string of the molecule is CN=C(NCc1cccc(OC)c1)N1CCN(c2ccccc2O)CC1. The zero-order valence-corrected chi connectivity index (χ0v) is 15.4. The lowest BCUT2D eigenvalue weighted by atomic mass is 10.2. The number of aromatic hydroxyl groups is 1. The predicted molar refractivity (Wildman–Crippen MR) is 105 cm³/mol. The second kappa shape index (κ2) is 8.47. The molecular formula is C20H26N4O2. The fraction of sp³-hybridized carbons (Fsp3) is 0.350. The van der Waals surface area contributed by atoms with Crippen LogP contribution in [-0.4, -0.2) is 56.3 Å². The number of hydrogen-bond donors (Lipinski definition) is 2. The van der Waals surface area contributed by atoms with E-state index in [0.717, 1.165) is 49.1 Å². The third-order valence-electron chi connectivity index (χ3n) is 4.60. The van der Waals surface area contributed by atoms with E-state index in [-0.39, 0.29) is 0 Å². The first-order chi connectivity index (χ1) is 12.7. The van der Waals surface area contributed by atoms with Crippen molar-refractivity contribution < 1.29 is 9.84 Å². The number of nitrogens with zero attached hydrogens (tertiary/aromatic N) is 3. The topological polar surface area (TPSA) is 60.3 Å². The molecule has 0 bridgehead atoms. The van der Waals surface area contributed by atoms with Crippen molar-refractivity contribution >= 4 is 11.6 Å².